The number of aliphatic hydroxyl groups excluding tert-OH is 1. The van der Waals surface area contributed by atoms with Gasteiger partial charge in [0.1, 0.15) is 18.5 Å². The Bertz CT molecular complexity index is 424. The number of rotatable bonds is 9. The van der Waals surface area contributed by atoms with Crippen LogP contribution in [0.15, 0.2) is 28.7 Å². The van der Waals surface area contributed by atoms with Crippen molar-refractivity contribution in [3.8, 4) is 5.75 Å². The van der Waals surface area contributed by atoms with E-state index >= 15 is 0 Å². The molecule has 0 saturated heterocycles. The molecule has 0 aliphatic carbocycles. The third-order valence-corrected chi connectivity index (χ3v) is 3.47. The normalized spacial score (nSPS) is 15.8. The maximum absolute atomic E-state index is 10.2. The van der Waals surface area contributed by atoms with E-state index in [9.17, 15) is 10.2 Å². The fourth-order valence-corrected chi connectivity index (χ4v) is 2.65. The topological polar surface area (TPSA) is 61.7 Å². The quantitative estimate of drug-likeness (QED) is 0.634. The van der Waals surface area contributed by atoms with Gasteiger partial charge in [-0.3, -0.25) is 0 Å². The van der Waals surface area contributed by atoms with E-state index in [0.29, 0.717) is 19.0 Å². The van der Waals surface area contributed by atoms with Crippen molar-refractivity contribution in [3.05, 3.63) is 28.7 Å². The summed E-state index contributed by atoms with van der Waals surface area (Å²) in [6.45, 7) is 7.03. The van der Waals surface area contributed by atoms with E-state index < -0.39 is 11.7 Å². The number of ether oxygens (including phenoxy) is 1. The molecule has 0 aromatic heterocycles. The zero-order chi connectivity index (χ0) is 15.9. The molecule has 0 heterocycles. The van der Waals surface area contributed by atoms with Crippen LogP contribution in [0.5, 0.6) is 5.75 Å². The van der Waals surface area contributed by atoms with Gasteiger partial charge < -0.3 is 20.3 Å². The van der Waals surface area contributed by atoms with E-state index in [2.05, 4.69) is 35.1 Å². The van der Waals surface area contributed by atoms with Gasteiger partial charge in [0.15, 0.2) is 0 Å². The minimum atomic E-state index is -0.751. The highest BCUT2D eigenvalue weighted by atomic mass is 79.9. The third-order valence-electron chi connectivity index (χ3n) is 2.97. The fraction of sp³-hybridized carbons (Fsp3) is 0.625. The van der Waals surface area contributed by atoms with Crippen LogP contribution in [-0.4, -0.2) is 41.6 Å². The number of hydrogen-bond donors (Lipinski definition) is 3. The van der Waals surface area contributed by atoms with Crippen molar-refractivity contribution in [2.24, 2.45) is 5.92 Å². The van der Waals surface area contributed by atoms with Crippen molar-refractivity contribution in [3.63, 3.8) is 0 Å². The molecule has 2 atom stereocenters. The molecule has 21 heavy (non-hydrogen) atoms. The van der Waals surface area contributed by atoms with Crippen LogP contribution in [0, 0.1) is 5.92 Å². The Morgan fingerprint density at radius 3 is 2.71 bits per heavy atom. The Morgan fingerprint density at radius 2 is 2.10 bits per heavy atom. The first-order valence-corrected chi connectivity index (χ1v) is 8.07. The molecule has 2 unspecified atom stereocenters. The number of aliphatic hydroxyl groups is 2. The molecule has 5 heteroatoms. The largest absolute Gasteiger partial charge is 0.491 e. The van der Waals surface area contributed by atoms with Crippen molar-refractivity contribution < 1.29 is 14.9 Å². The lowest BCUT2D eigenvalue weighted by Crippen LogP contribution is -2.42. The maximum Gasteiger partial charge on any atom is 0.120 e. The number of halogens is 1. The molecule has 0 fully saturated rings. The van der Waals surface area contributed by atoms with Gasteiger partial charge in [0.05, 0.1) is 5.60 Å². The standard InChI is InChI=1S/C16H26BrNO3/c1-12(2)8-16(3,20)11-18-9-14(19)10-21-15-6-4-5-13(17)7-15/h4-7,12,14,18-20H,8-11H2,1-3H3. The van der Waals surface area contributed by atoms with E-state index in [1.165, 1.54) is 0 Å². The Labute approximate surface area is 135 Å². The van der Waals surface area contributed by atoms with Gasteiger partial charge in [-0.1, -0.05) is 35.8 Å². The second-order valence-electron chi connectivity index (χ2n) is 6.15. The van der Waals surface area contributed by atoms with Crippen LogP contribution < -0.4 is 10.1 Å². The van der Waals surface area contributed by atoms with Crippen LogP contribution in [0.1, 0.15) is 27.2 Å². The zero-order valence-electron chi connectivity index (χ0n) is 13.0. The lowest BCUT2D eigenvalue weighted by atomic mass is 9.94. The molecule has 4 nitrogen and oxygen atoms in total. The van der Waals surface area contributed by atoms with Crippen LogP contribution in [-0.2, 0) is 0 Å². The van der Waals surface area contributed by atoms with Crippen LogP contribution in [0.2, 0.25) is 0 Å². The molecule has 1 aromatic rings. The Morgan fingerprint density at radius 1 is 1.38 bits per heavy atom. The van der Waals surface area contributed by atoms with Crippen molar-refractivity contribution in [1.82, 2.24) is 5.32 Å². The Balaban J connectivity index is 2.24. The summed E-state index contributed by atoms with van der Waals surface area (Å²) in [5.74, 6) is 1.15. The van der Waals surface area contributed by atoms with Crippen LogP contribution in [0.4, 0.5) is 0 Å². The summed E-state index contributed by atoms with van der Waals surface area (Å²) in [4.78, 5) is 0. The van der Waals surface area contributed by atoms with E-state index in [0.717, 1.165) is 16.6 Å². The lowest BCUT2D eigenvalue weighted by Gasteiger charge is -2.26. The van der Waals surface area contributed by atoms with E-state index in [1.807, 2.05) is 31.2 Å². The van der Waals surface area contributed by atoms with Crippen molar-refractivity contribution in [2.45, 2.75) is 38.9 Å². The zero-order valence-corrected chi connectivity index (χ0v) is 14.6. The molecule has 1 rings (SSSR count). The SMILES string of the molecule is CC(C)CC(C)(O)CNCC(O)COc1cccc(Br)c1. The van der Waals surface area contributed by atoms with Gasteiger partial charge in [-0.2, -0.15) is 0 Å². The van der Waals surface area contributed by atoms with E-state index in [4.69, 9.17) is 4.74 Å². The highest BCUT2D eigenvalue weighted by Gasteiger charge is 2.21. The predicted octanol–water partition coefficient (Wildman–Crippen LogP) is 2.58. The Kier molecular flexibility index (Phi) is 7.66. The maximum atomic E-state index is 10.2. The summed E-state index contributed by atoms with van der Waals surface area (Å²) in [6.07, 6.45) is 0.115. The summed E-state index contributed by atoms with van der Waals surface area (Å²) in [5.41, 5.74) is -0.751. The molecule has 0 radical (unpaired) electrons. The molecule has 0 bridgehead atoms. The highest BCUT2D eigenvalue weighted by molar-refractivity contribution is 9.10. The number of hydrogen-bond acceptors (Lipinski definition) is 4. The van der Waals surface area contributed by atoms with Crippen molar-refractivity contribution in [1.29, 1.82) is 0 Å². The monoisotopic (exact) mass is 359 g/mol. The molecule has 3 N–H and O–H groups in total. The minimum Gasteiger partial charge on any atom is -0.491 e. The van der Waals surface area contributed by atoms with Crippen LogP contribution in [0.3, 0.4) is 0 Å². The third kappa shape index (κ3) is 8.41. The first-order valence-electron chi connectivity index (χ1n) is 7.28. The molecular weight excluding hydrogens is 334 g/mol. The van der Waals surface area contributed by atoms with Crippen LogP contribution in [0.25, 0.3) is 0 Å². The number of nitrogens with one attached hydrogen (secondary N) is 1. The summed E-state index contributed by atoms with van der Waals surface area (Å²) in [7, 11) is 0. The van der Waals surface area contributed by atoms with Crippen LogP contribution >= 0.6 is 15.9 Å². The van der Waals surface area contributed by atoms with E-state index in [1.54, 1.807) is 0 Å². The second kappa shape index (κ2) is 8.73. The van der Waals surface area contributed by atoms with Gasteiger partial charge in [-0.15, -0.1) is 0 Å². The fourth-order valence-electron chi connectivity index (χ4n) is 2.27. The molecular formula is C16H26BrNO3. The van der Waals surface area contributed by atoms with Gasteiger partial charge in [0.25, 0.3) is 0 Å². The summed E-state index contributed by atoms with van der Waals surface area (Å²) < 4.78 is 6.46. The van der Waals surface area contributed by atoms with Gasteiger partial charge in [0, 0.05) is 17.6 Å². The number of benzene rings is 1. The lowest BCUT2D eigenvalue weighted by molar-refractivity contribution is 0.0327. The van der Waals surface area contributed by atoms with Crippen molar-refractivity contribution in [2.75, 3.05) is 19.7 Å². The summed E-state index contributed by atoms with van der Waals surface area (Å²) >= 11 is 3.37. The van der Waals surface area contributed by atoms with Gasteiger partial charge in [0.2, 0.25) is 0 Å². The van der Waals surface area contributed by atoms with Crippen molar-refractivity contribution >= 4 is 15.9 Å². The molecule has 0 aliphatic rings. The molecule has 1 aromatic carbocycles. The predicted molar refractivity (Wildman–Crippen MR) is 88.6 cm³/mol. The Hall–Kier alpha value is -0.620. The molecule has 0 amide bonds. The molecule has 0 spiro atoms. The van der Waals surface area contributed by atoms with Gasteiger partial charge in [-0.05, 0) is 37.5 Å². The molecule has 120 valence electrons. The first kappa shape index (κ1) is 18.4. The second-order valence-corrected chi connectivity index (χ2v) is 7.06. The first-order chi connectivity index (χ1) is 9.78. The molecule has 0 saturated carbocycles. The average molecular weight is 360 g/mol. The minimum absolute atomic E-state index is 0.218. The summed E-state index contributed by atoms with van der Waals surface area (Å²) in [6, 6.07) is 7.50. The van der Waals surface area contributed by atoms with E-state index in [-0.39, 0.29) is 6.61 Å². The summed E-state index contributed by atoms with van der Waals surface area (Å²) in [5, 5.41) is 23.1. The van der Waals surface area contributed by atoms with Gasteiger partial charge in [-0.25, -0.2) is 0 Å². The smallest absolute Gasteiger partial charge is 0.120 e. The molecule has 0 aliphatic heterocycles. The van der Waals surface area contributed by atoms with Gasteiger partial charge >= 0.3 is 0 Å². The average Bonchev–Trinajstić information content (AvgIpc) is 2.34. The highest BCUT2D eigenvalue weighted by Crippen LogP contribution is 2.18.